The van der Waals surface area contributed by atoms with E-state index in [9.17, 15) is 0 Å². The van der Waals surface area contributed by atoms with Crippen LogP contribution in [0.5, 0.6) is 0 Å². The van der Waals surface area contributed by atoms with E-state index < -0.39 is 0 Å². The number of likely N-dealkylation sites (tertiary alicyclic amines) is 1. The van der Waals surface area contributed by atoms with Gasteiger partial charge in [0, 0.05) is 17.8 Å². The van der Waals surface area contributed by atoms with Gasteiger partial charge in [0.1, 0.15) is 0 Å². The minimum atomic E-state index is 0.716. The summed E-state index contributed by atoms with van der Waals surface area (Å²) in [6, 6.07) is 1.49. The maximum atomic E-state index is 4.29. The van der Waals surface area contributed by atoms with Crippen LogP contribution in [-0.2, 0) is 0 Å². The number of nitrogens with zero attached hydrogens (tertiary/aromatic N) is 1. The number of allylic oxidation sites excluding steroid dienone is 1. The summed E-state index contributed by atoms with van der Waals surface area (Å²) >= 11 is 0. The molecule has 0 aromatic heterocycles. The molecule has 15 heavy (non-hydrogen) atoms. The monoisotopic (exact) mass is 209 g/mol. The van der Waals surface area contributed by atoms with Crippen LogP contribution in [0.4, 0.5) is 0 Å². The molecule has 1 fully saturated rings. The Balaban J connectivity index is 2.58. The third kappa shape index (κ3) is 3.25. The molecule has 1 nitrogen and oxygen atoms in total. The van der Waals surface area contributed by atoms with Gasteiger partial charge in [-0.3, -0.25) is 0 Å². The fourth-order valence-corrected chi connectivity index (χ4v) is 2.83. The van der Waals surface area contributed by atoms with E-state index in [0.29, 0.717) is 6.04 Å². The molecule has 2 unspecified atom stereocenters. The van der Waals surface area contributed by atoms with Gasteiger partial charge >= 0.3 is 0 Å². The lowest BCUT2D eigenvalue weighted by atomic mass is 10.1. The minimum absolute atomic E-state index is 0.716. The molecule has 0 amide bonds. The van der Waals surface area contributed by atoms with E-state index >= 15 is 0 Å². The van der Waals surface area contributed by atoms with Crippen molar-refractivity contribution in [2.75, 3.05) is 0 Å². The molecule has 0 saturated carbocycles. The lowest BCUT2D eigenvalue weighted by molar-refractivity contribution is 0.238. The standard InChI is InChI=1S/C14H27N/c1-6-7-14-9-8-12(4)15(14)13(5)10-11(2)3/h11-12,14H,5-10H2,1-4H3. The second kappa shape index (κ2) is 5.58. The predicted molar refractivity (Wildman–Crippen MR) is 67.8 cm³/mol. The first-order chi connectivity index (χ1) is 7.06. The van der Waals surface area contributed by atoms with Gasteiger partial charge in [-0.05, 0) is 38.5 Å². The maximum absolute atomic E-state index is 4.29. The van der Waals surface area contributed by atoms with E-state index in [0.717, 1.165) is 18.4 Å². The van der Waals surface area contributed by atoms with Crippen molar-refractivity contribution in [3.05, 3.63) is 12.3 Å². The van der Waals surface area contributed by atoms with Gasteiger partial charge in [-0.15, -0.1) is 0 Å². The Morgan fingerprint density at radius 2 is 2.07 bits per heavy atom. The molecule has 1 rings (SSSR count). The maximum Gasteiger partial charge on any atom is 0.0290 e. The Labute approximate surface area is 95.5 Å². The van der Waals surface area contributed by atoms with Crippen LogP contribution < -0.4 is 0 Å². The molecule has 0 spiro atoms. The van der Waals surface area contributed by atoms with Crippen LogP contribution in [0.3, 0.4) is 0 Å². The Kier molecular flexibility index (Phi) is 4.69. The highest BCUT2D eigenvalue weighted by atomic mass is 15.2. The van der Waals surface area contributed by atoms with E-state index in [1.165, 1.54) is 31.4 Å². The van der Waals surface area contributed by atoms with E-state index in [2.05, 4.69) is 39.2 Å². The molecule has 2 atom stereocenters. The Morgan fingerprint density at radius 3 is 2.60 bits per heavy atom. The van der Waals surface area contributed by atoms with Gasteiger partial charge in [-0.1, -0.05) is 33.8 Å². The van der Waals surface area contributed by atoms with Gasteiger partial charge in [-0.25, -0.2) is 0 Å². The highest BCUT2D eigenvalue weighted by Crippen LogP contribution is 2.32. The van der Waals surface area contributed by atoms with Gasteiger partial charge in [-0.2, -0.15) is 0 Å². The molecular weight excluding hydrogens is 182 g/mol. The third-order valence-corrected chi connectivity index (χ3v) is 3.42. The molecule has 0 radical (unpaired) electrons. The molecule has 0 aliphatic carbocycles. The van der Waals surface area contributed by atoms with Crippen LogP contribution in [0.25, 0.3) is 0 Å². The van der Waals surface area contributed by atoms with Crippen molar-refractivity contribution < 1.29 is 0 Å². The largest absolute Gasteiger partial charge is 0.370 e. The van der Waals surface area contributed by atoms with Crippen LogP contribution in [0.2, 0.25) is 0 Å². The van der Waals surface area contributed by atoms with Gasteiger partial charge in [0.05, 0.1) is 0 Å². The summed E-state index contributed by atoms with van der Waals surface area (Å²) in [5.41, 5.74) is 1.37. The lowest BCUT2D eigenvalue weighted by Gasteiger charge is -2.33. The zero-order valence-electron chi connectivity index (χ0n) is 10.9. The molecule has 88 valence electrons. The van der Waals surface area contributed by atoms with Gasteiger partial charge < -0.3 is 4.90 Å². The predicted octanol–water partition coefficient (Wildman–Crippen LogP) is 4.20. The first-order valence-electron chi connectivity index (χ1n) is 6.52. The van der Waals surface area contributed by atoms with Crippen molar-refractivity contribution in [2.24, 2.45) is 5.92 Å². The van der Waals surface area contributed by atoms with E-state index in [-0.39, 0.29) is 0 Å². The lowest BCUT2D eigenvalue weighted by Crippen LogP contribution is -2.33. The summed E-state index contributed by atoms with van der Waals surface area (Å²) in [4.78, 5) is 2.60. The number of hydrogen-bond acceptors (Lipinski definition) is 1. The molecule has 1 aliphatic heterocycles. The molecule has 1 heteroatoms. The first kappa shape index (κ1) is 12.6. The third-order valence-electron chi connectivity index (χ3n) is 3.42. The second-order valence-electron chi connectivity index (χ2n) is 5.44. The minimum Gasteiger partial charge on any atom is -0.370 e. The summed E-state index contributed by atoms with van der Waals surface area (Å²) < 4.78 is 0. The zero-order chi connectivity index (χ0) is 11.4. The van der Waals surface area contributed by atoms with Crippen LogP contribution in [0.1, 0.15) is 59.8 Å². The Morgan fingerprint density at radius 1 is 1.40 bits per heavy atom. The quantitative estimate of drug-likeness (QED) is 0.656. The van der Waals surface area contributed by atoms with Crippen molar-refractivity contribution in [2.45, 2.75) is 71.9 Å². The van der Waals surface area contributed by atoms with Crippen LogP contribution >= 0.6 is 0 Å². The molecule has 1 heterocycles. The molecule has 0 bridgehead atoms. The fraction of sp³-hybridized carbons (Fsp3) is 0.857. The highest BCUT2D eigenvalue weighted by Gasteiger charge is 2.30. The molecular formula is C14H27N. The van der Waals surface area contributed by atoms with Gasteiger partial charge in [0.15, 0.2) is 0 Å². The Bertz CT molecular complexity index is 205. The number of rotatable bonds is 5. The summed E-state index contributed by atoms with van der Waals surface area (Å²) in [5.74, 6) is 0.729. The van der Waals surface area contributed by atoms with E-state index in [1.807, 2.05) is 0 Å². The van der Waals surface area contributed by atoms with Crippen molar-refractivity contribution in [3.63, 3.8) is 0 Å². The second-order valence-corrected chi connectivity index (χ2v) is 5.44. The molecule has 1 saturated heterocycles. The fourth-order valence-electron chi connectivity index (χ4n) is 2.83. The molecule has 0 N–H and O–H groups in total. The van der Waals surface area contributed by atoms with Crippen LogP contribution in [0.15, 0.2) is 12.3 Å². The SMILES string of the molecule is C=C(CC(C)C)N1C(C)CCC1CCC. The Hall–Kier alpha value is -0.460. The van der Waals surface area contributed by atoms with Crippen molar-refractivity contribution in [1.29, 1.82) is 0 Å². The van der Waals surface area contributed by atoms with Crippen molar-refractivity contribution >= 4 is 0 Å². The first-order valence-corrected chi connectivity index (χ1v) is 6.52. The summed E-state index contributed by atoms with van der Waals surface area (Å²) in [7, 11) is 0. The van der Waals surface area contributed by atoms with Crippen LogP contribution in [0, 0.1) is 5.92 Å². The summed E-state index contributed by atoms with van der Waals surface area (Å²) in [6.07, 6.45) is 6.50. The average Bonchev–Trinajstić information content (AvgIpc) is 2.46. The summed E-state index contributed by atoms with van der Waals surface area (Å²) in [6.45, 7) is 13.5. The smallest absolute Gasteiger partial charge is 0.0290 e. The van der Waals surface area contributed by atoms with E-state index in [1.54, 1.807) is 0 Å². The average molecular weight is 209 g/mol. The topological polar surface area (TPSA) is 3.24 Å². The van der Waals surface area contributed by atoms with Gasteiger partial charge in [0.25, 0.3) is 0 Å². The van der Waals surface area contributed by atoms with Crippen molar-refractivity contribution in [1.82, 2.24) is 4.90 Å². The van der Waals surface area contributed by atoms with Crippen molar-refractivity contribution in [3.8, 4) is 0 Å². The normalized spacial score (nSPS) is 26.3. The van der Waals surface area contributed by atoms with E-state index in [4.69, 9.17) is 0 Å². The number of hydrogen-bond donors (Lipinski definition) is 0. The zero-order valence-corrected chi connectivity index (χ0v) is 10.9. The molecule has 0 aromatic carbocycles. The van der Waals surface area contributed by atoms with Gasteiger partial charge in [0.2, 0.25) is 0 Å². The molecule has 0 aromatic rings. The summed E-state index contributed by atoms with van der Waals surface area (Å²) in [5, 5.41) is 0. The molecule has 1 aliphatic rings. The van der Waals surface area contributed by atoms with Crippen LogP contribution in [-0.4, -0.2) is 17.0 Å². The highest BCUT2D eigenvalue weighted by molar-refractivity contribution is 5.03.